The van der Waals surface area contributed by atoms with Gasteiger partial charge in [-0.15, -0.1) is 0 Å². The number of benzene rings is 1. The Hall–Kier alpha value is -1.81. The first kappa shape index (κ1) is 12.6. The maximum atomic E-state index is 9.24. The number of nitrogens with two attached hydrogens (primary N) is 1. The molecule has 0 aliphatic heterocycles. The van der Waals surface area contributed by atoms with Crippen molar-refractivity contribution in [3.63, 3.8) is 0 Å². The fourth-order valence-corrected chi connectivity index (χ4v) is 1.72. The Bertz CT molecular complexity index is 552. The number of aliphatic hydroxyl groups excluding tert-OH is 1. The van der Waals surface area contributed by atoms with Gasteiger partial charge in [-0.25, -0.2) is 4.98 Å². The van der Waals surface area contributed by atoms with E-state index in [1.165, 1.54) is 0 Å². The number of nitrogen functional groups attached to an aromatic ring is 1. The number of nitrogens with zero attached hydrogens (tertiary/aromatic N) is 1. The lowest BCUT2D eigenvalue weighted by Gasteiger charge is -2.22. The number of hydrogen-bond donors (Lipinski definition) is 3. The minimum absolute atomic E-state index is 0.137. The Morgan fingerprint density at radius 3 is 2.83 bits per heavy atom. The number of fused-ring (bicyclic) bond motifs is 1. The van der Waals surface area contributed by atoms with E-state index in [1.54, 1.807) is 6.20 Å². The van der Waals surface area contributed by atoms with E-state index in [9.17, 15) is 5.11 Å². The molecule has 2 aromatic rings. The van der Waals surface area contributed by atoms with Crippen LogP contribution < -0.4 is 11.1 Å². The normalized spacial score (nSPS) is 11.7. The lowest BCUT2D eigenvalue weighted by molar-refractivity contribution is 0.171. The molecule has 1 aromatic heterocycles. The lowest BCUT2D eigenvalue weighted by Crippen LogP contribution is -2.27. The number of anilines is 2. The number of hydrogen-bond acceptors (Lipinski definition) is 4. The molecule has 0 aliphatic carbocycles. The fraction of sp³-hybridized carbons (Fsp3) is 0.357. The van der Waals surface area contributed by atoms with Crippen molar-refractivity contribution in [2.75, 3.05) is 24.2 Å². The molecule has 4 nitrogen and oxygen atoms in total. The second-order valence-corrected chi connectivity index (χ2v) is 5.32. The molecule has 0 amide bonds. The van der Waals surface area contributed by atoms with Gasteiger partial charge >= 0.3 is 0 Å². The van der Waals surface area contributed by atoms with Gasteiger partial charge in [0.25, 0.3) is 0 Å². The molecule has 0 saturated carbocycles. The minimum Gasteiger partial charge on any atom is -0.399 e. The van der Waals surface area contributed by atoms with E-state index >= 15 is 0 Å². The maximum absolute atomic E-state index is 9.24. The average Bonchev–Trinajstić information content (AvgIpc) is 2.36. The summed E-state index contributed by atoms with van der Waals surface area (Å²) in [7, 11) is 0. The first-order valence-electron chi connectivity index (χ1n) is 6.01. The smallest absolute Gasteiger partial charge is 0.133 e. The van der Waals surface area contributed by atoms with Gasteiger partial charge in [0.1, 0.15) is 5.82 Å². The summed E-state index contributed by atoms with van der Waals surface area (Å²) in [6.07, 6.45) is 1.76. The molecular weight excluding hydrogens is 226 g/mol. The van der Waals surface area contributed by atoms with Crippen molar-refractivity contribution in [3.05, 3.63) is 30.5 Å². The molecule has 0 spiro atoms. The van der Waals surface area contributed by atoms with Crippen molar-refractivity contribution in [3.8, 4) is 0 Å². The summed E-state index contributed by atoms with van der Waals surface area (Å²) in [5.74, 6) is 0.828. The molecule has 96 valence electrons. The van der Waals surface area contributed by atoms with Crippen molar-refractivity contribution >= 4 is 22.3 Å². The quantitative estimate of drug-likeness (QED) is 0.722. The summed E-state index contributed by atoms with van der Waals surface area (Å²) in [4.78, 5) is 4.34. The highest BCUT2D eigenvalue weighted by atomic mass is 16.3. The second kappa shape index (κ2) is 4.82. The lowest BCUT2D eigenvalue weighted by atomic mass is 9.95. The standard InChI is InChI=1S/C14H19N3O/c1-14(2,9-18)8-17-13-12-4-3-11(15)7-10(12)5-6-16-13/h3-7,18H,8-9,15H2,1-2H3,(H,16,17). The van der Waals surface area contributed by atoms with Crippen LogP contribution in [0.1, 0.15) is 13.8 Å². The Kier molecular flexibility index (Phi) is 3.39. The second-order valence-electron chi connectivity index (χ2n) is 5.32. The van der Waals surface area contributed by atoms with E-state index in [0.29, 0.717) is 6.54 Å². The number of aromatic nitrogens is 1. The summed E-state index contributed by atoms with van der Waals surface area (Å²) >= 11 is 0. The Labute approximate surface area is 107 Å². The average molecular weight is 245 g/mol. The van der Waals surface area contributed by atoms with Crippen LogP contribution in [0, 0.1) is 5.41 Å². The zero-order chi connectivity index (χ0) is 13.2. The van der Waals surface area contributed by atoms with Crippen molar-refractivity contribution in [1.29, 1.82) is 0 Å². The zero-order valence-corrected chi connectivity index (χ0v) is 10.8. The van der Waals surface area contributed by atoms with E-state index in [2.05, 4.69) is 10.3 Å². The number of aliphatic hydroxyl groups is 1. The maximum Gasteiger partial charge on any atom is 0.133 e. The molecule has 0 saturated heterocycles. The van der Waals surface area contributed by atoms with Crippen LogP contribution in [0.4, 0.5) is 11.5 Å². The highest BCUT2D eigenvalue weighted by Crippen LogP contribution is 2.24. The van der Waals surface area contributed by atoms with Crippen LogP contribution in [-0.4, -0.2) is 23.2 Å². The van der Waals surface area contributed by atoms with Crippen LogP contribution in [-0.2, 0) is 0 Å². The molecule has 0 aliphatic rings. The molecule has 0 atom stereocenters. The minimum atomic E-state index is -0.169. The Morgan fingerprint density at radius 2 is 2.11 bits per heavy atom. The van der Waals surface area contributed by atoms with E-state index in [-0.39, 0.29) is 12.0 Å². The van der Waals surface area contributed by atoms with Gasteiger partial charge < -0.3 is 16.2 Å². The monoisotopic (exact) mass is 245 g/mol. The fourth-order valence-electron chi connectivity index (χ4n) is 1.72. The molecule has 0 unspecified atom stereocenters. The Balaban J connectivity index is 2.29. The molecule has 1 heterocycles. The third kappa shape index (κ3) is 2.71. The van der Waals surface area contributed by atoms with Gasteiger partial charge in [-0.2, -0.15) is 0 Å². The van der Waals surface area contributed by atoms with Crippen molar-refractivity contribution in [2.45, 2.75) is 13.8 Å². The summed E-state index contributed by atoms with van der Waals surface area (Å²) in [6.45, 7) is 4.81. The van der Waals surface area contributed by atoms with Crippen LogP contribution in [0.15, 0.2) is 30.5 Å². The van der Waals surface area contributed by atoms with E-state index in [1.807, 2.05) is 38.1 Å². The molecule has 0 fully saturated rings. The van der Waals surface area contributed by atoms with Crippen molar-refractivity contribution in [1.82, 2.24) is 4.98 Å². The summed E-state index contributed by atoms with van der Waals surface area (Å²) in [5.41, 5.74) is 6.34. The van der Waals surface area contributed by atoms with Gasteiger partial charge in [-0.3, -0.25) is 0 Å². The van der Waals surface area contributed by atoms with Crippen LogP contribution in [0.3, 0.4) is 0 Å². The van der Waals surface area contributed by atoms with Crippen LogP contribution in [0.5, 0.6) is 0 Å². The van der Waals surface area contributed by atoms with E-state index < -0.39 is 0 Å². The largest absolute Gasteiger partial charge is 0.399 e. The topological polar surface area (TPSA) is 71.2 Å². The summed E-state index contributed by atoms with van der Waals surface area (Å²) in [5, 5.41) is 14.6. The molecule has 18 heavy (non-hydrogen) atoms. The van der Waals surface area contributed by atoms with Gasteiger partial charge in [-0.05, 0) is 29.7 Å². The zero-order valence-electron chi connectivity index (χ0n) is 10.8. The van der Waals surface area contributed by atoms with Crippen LogP contribution in [0.2, 0.25) is 0 Å². The Morgan fingerprint density at radius 1 is 1.33 bits per heavy atom. The van der Waals surface area contributed by atoms with E-state index in [4.69, 9.17) is 5.73 Å². The number of pyridine rings is 1. The van der Waals surface area contributed by atoms with E-state index in [0.717, 1.165) is 22.3 Å². The summed E-state index contributed by atoms with van der Waals surface area (Å²) < 4.78 is 0. The first-order chi connectivity index (χ1) is 8.52. The van der Waals surface area contributed by atoms with Crippen LogP contribution >= 0.6 is 0 Å². The molecule has 1 aromatic carbocycles. The molecule has 0 radical (unpaired) electrons. The van der Waals surface area contributed by atoms with Crippen molar-refractivity contribution < 1.29 is 5.11 Å². The van der Waals surface area contributed by atoms with Gasteiger partial charge in [0.2, 0.25) is 0 Å². The SMILES string of the molecule is CC(C)(CO)CNc1nccc2cc(N)ccc12. The molecule has 4 N–H and O–H groups in total. The number of rotatable bonds is 4. The molecule has 2 rings (SSSR count). The third-order valence-corrected chi connectivity index (χ3v) is 2.95. The van der Waals surface area contributed by atoms with Gasteiger partial charge in [0, 0.05) is 35.8 Å². The van der Waals surface area contributed by atoms with Gasteiger partial charge in [0.05, 0.1) is 0 Å². The molecule has 0 bridgehead atoms. The molecule has 4 heteroatoms. The van der Waals surface area contributed by atoms with Crippen LogP contribution in [0.25, 0.3) is 10.8 Å². The van der Waals surface area contributed by atoms with Gasteiger partial charge in [0.15, 0.2) is 0 Å². The molecular formula is C14H19N3O. The third-order valence-electron chi connectivity index (χ3n) is 2.95. The highest BCUT2D eigenvalue weighted by molar-refractivity contribution is 5.93. The number of nitrogens with one attached hydrogen (secondary N) is 1. The van der Waals surface area contributed by atoms with Gasteiger partial charge in [-0.1, -0.05) is 13.8 Å². The first-order valence-corrected chi connectivity index (χ1v) is 6.01. The predicted octanol–water partition coefficient (Wildman–Crippen LogP) is 2.25. The highest BCUT2D eigenvalue weighted by Gasteiger charge is 2.16. The predicted molar refractivity (Wildman–Crippen MR) is 75.5 cm³/mol. The van der Waals surface area contributed by atoms with Crippen molar-refractivity contribution in [2.24, 2.45) is 5.41 Å². The summed E-state index contributed by atoms with van der Waals surface area (Å²) in [6, 6.07) is 7.70.